The first-order valence-electron chi connectivity index (χ1n) is 7.24. The molecule has 1 N–H and O–H groups in total. The molecule has 2 aromatic heterocycles. The molecule has 6 nitrogen and oxygen atoms in total. The Morgan fingerprint density at radius 1 is 1.13 bits per heavy atom. The number of nitrogens with one attached hydrogen (secondary N) is 1. The number of halogens is 1. The monoisotopic (exact) mass is 318 g/mol. The molecule has 0 radical (unpaired) electrons. The fourth-order valence-corrected chi connectivity index (χ4v) is 1.77. The summed E-state index contributed by atoms with van der Waals surface area (Å²) < 4.78 is 22.5. The lowest BCUT2D eigenvalue weighted by Crippen LogP contribution is -2.09. The summed E-state index contributed by atoms with van der Waals surface area (Å²) in [5, 5.41) is 2.89. The first kappa shape index (κ1) is 16.8. The Balaban J connectivity index is 2.00. The maximum atomic E-state index is 11.9. The van der Waals surface area contributed by atoms with Crippen molar-refractivity contribution in [1.29, 1.82) is 0 Å². The minimum Gasteiger partial charge on any atom is -0.475 e. The van der Waals surface area contributed by atoms with Crippen molar-refractivity contribution >= 4 is 18.1 Å². The zero-order chi connectivity index (χ0) is 16.3. The highest BCUT2D eigenvalue weighted by atomic mass is 19.1. The molecule has 7 heteroatoms. The van der Waals surface area contributed by atoms with Crippen LogP contribution < -0.4 is 10.1 Å². The van der Waals surface area contributed by atoms with Crippen LogP contribution in [-0.4, -0.2) is 48.5 Å². The van der Waals surface area contributed by atoms with Crippen LogP contribution in [0.2, 0.25) is 0 Å². The largest absolute Gasteiger partial charge is 0.475 e. The van der Waals surface area contributed by atoms with Crippen LogP contribution in [0.15, 0.2) is 30.6 Å². The van der Waals surface area contributed by atoms with E-state index in [-0.39, 0.29) is 6.61 Å². The molecule has 0 unspecified atom stereocenters. The third-order valence-electron chi connectivity index (χ3n) is 2.82. The lowest BCUT2D eigenvalue weighted by molar-refractivity contribution is 0.0883. The van der Waals surface area contributed by atoms with E-state index in [0.717, 1.165) is 11.3 Å². The fraction of sp³-hybridized carbons (Fsp3) is 0.312. The zero-order valence-corrected chi connectivity index (χ0v) is 12.9. The molecule has 2 heterocycles. The molecule has 122 valence electrons. The van der Waals surface area contributed by atoms with Gasteiger partial charge >= 0.3 is 0 Å². The summed E-state index contributed by atoms with van der Waals surface area (Å²) in [5.74, 6) is 1.05. The van der Waals surface area contributed by atoms with E-state index in [9.17, 15) is 4.39 Å². The Morgan fingerprint density at radius 3 is 2.87 bits per heavy atom. The van der Waals surface area contributed by atoms with Crippen molar-refractivity contribution in [3.05, 3.63) is 41.9 Å². The van der Waals surface area contributed by atoms with Crippen molar-refractivity contribution in [2.75, 3.05) is 38.9 Å². The van der Waals surface area contributed by atoms with Crippen LogP contribution >= 0.6 is 0 Å². The molecular formula is C16H19FN4O2. The lowest BCUT2D eigenvalue weighted by Gasteiger charge is -2.07. The molecule has 2 rings (SSSR count). The van der Waals surface area contributed by atoms with E-state index in [1.165, 1.54) is 0 Å². The van der Waals surface area contributed by atoms with Gasteiger partial charge in [0.25, 0.3) is 0 Å². The van der Waals surface area contributed by atoms with Crippen LogP contribution in [0.1, 0.15) is 11.3 Å². The number of anilines is 1. The first-order chi connectivity index (χ1) is 11.3. The van der Waals surface area contributed by atoms with Crippen LogP contribution in [-0.2, 0) is 4.74 Å². The van der Waals surface area contributed by atoms with Crippen molar-refractivity contribution in [2.45, 2.75) is 0 Å². The number of aromatic nitrogens is 3. The Hall–Kier alpha value is -2.54. The molecule has 0 fully saturated rings. The summed E-state index contributed by atoms with van der Waals surface area (Å²) in [6.07, 6.45) is 7.05. The van der Waals surface area contributed by atoms with Gasteiger partial charge in [0.15, 0.2) is 0 Å². The summed E-state index contributed by atoms with van der Waals surface area (Å²) in [6.45, 7) is 0.224. The highest BCUT2D eigenvalue weighted by Gasteiger charge is 2.02. The van der Waals surface area contributed by atoms with Crippen molar-refractivity contribution in [3.8, 4) is 5.88 Å². The van der Waals surface area contributed by atoms with Gasteiger partial charge in [0.2, 0.25) is 11.8 Å². The predicted octanol–water partition coefficient (Wildman–Crippen LogP) is 2.45. The van der Waals surface area contributed by atoms with Gasteiger partial charge in [0, 0.05) is 25.0 Å². The SMILES string of the molecule is CNc1nccc(C=Cc2cccnc2OCCOCCF)n1. The summed E-state index contributed by atoms with van der Waals surface area (Å²) in [4.78, 5) is 12.6. The topological polar surface area (TPSA) is 69.2 Å². The second kappa shape index (κ2) is 9.47. The maximum Gasteiger partial charge on any atom is 0.222 e. The van der Waals surface area contributed by atoms with Gasteiger partial charge in [-0.2, -0.15) is 0 Å². The normalized spacial score (nSPS) is 10.9. The van der Waals surface area contributed by atoms with Crippen LogP contribution in [0.5, 0.6) is 5.88 Å². The van der Waals surface area contributed by atoms with Crippen molar-refractivity contribution in [3.63, 3.8) is 0 Å². The Kier molecular flexibility index (Phi) is 6.93. The van der Waals surface area contributed by atoms with E-state index in [4.69, 9.17) is 9.47 Å². The third-order valence-corrected chi connectivity index (χ3v) is 2.82. The molecule has 2 aromatic rings. The molecule has 0 saturated heterocycles. The van der Waals surface area contributed by atoms with Crippen molar-refractivity contribution in [2.24, 2.45) is 0 Å². The number of ether oxygens (including phenoxy) is 2. The van der Waals surface area contributed by atoms with Crippen LogP contribution in [0.25, 0.3) is 12.2 Å². The molecule has 0 spiro atoms. The molecule has 0 saturated carbocycles. The summed E-state index contributed by atoms with van der Waals surface area (Å²) in [5.41, 5.74) is 1.59. The molecule has 0 atom stereocenters. The van der Waals surface area contributed by atoms with Gasteiger partial charge in [-0.15, -0.1) is 0 Å². The van der Waals surface area contributed by atoms with Gasteiger partial charge in [-0.05, 0) is 30.4 Å². The number of rotatable bonds is 9. The smallest absolute Gasteiger partial charge is 0.222 e. The standard InChI is InChI=1S/C16H19FN4O2/c1-18-16-20-9-6-14(21-16)5-4-13-3-2-8-19-15(13)23-12-11-22-10-7-17/h2-6,8-9H,7,10-12H2,1H3,(H,18,20,21). The number of alkyl halides is 1. The van der Waals surface area contributed by atoms with Gasteiger partial charge in [0.05, 0.1) is 18.9 Å². The number of pyridine rings is 1. The quantitative estimate of drug-likeness (QED) is 0.716. The van der Waals surface area contributed by atoms with Gasteiger partial charge in [-0.3, -0.25) is 0 Å². The van der Waals surface area contributed by atoms with Crippen molar-refractivity contribution in [1.82, 2.24) is 15.0 Å². The van der Waals surface area contributed by atoms with Crippen LogP contribution in [0.4, 0.5) is 10.3 Å². The molecule has 23 heavy (non-hydrogen) atoms. The minimum atomic E-state index is -0.495. The van der Waals surface area contributed by atoms with E-state index >= 15 is 0 Å². The van der Waals surface area contributed by atoms with Gasteiger partial charge in [-0.25, -0.2) is 19.3 Å². The average molecular weight is 318 g/mol. The molecule has 0 amide bonds. The Morgan fingerprint density at radius 2 is 2.04 bits per heavy atom. The van der Waals surface area contributed by atoms with Gasteiger partial charge in [0.1, 0.15) is 13.3 Å². The van der Waals surface area contributed by atoms with Gasteiger partial charge < -0.3 is 14.8 Å². The van der Waals surface area contributed by atoms with Crippen molar-refractivity contribution < 1.29 is 13.9 Å². The van der Waals surface area contributed by atoms with Crippen LogP contribution in [0, 0.1) is 0 Å². The number of nitrogens with zero attached hydrogens (tertiary/aromatic N) is 3. The third kappa shape index (κ3) is 5.63. The minimum absolute atomic E-state index is 0.0832. The average Bonchev–Trinajstić information content (AvgIpc) is 2.61. The summed E-state index contributed by atoms with van der Waals surface area (Å²) in [7, 11) is 1.76. The fourth-order valence-electron chi connectivity index (χ4n) is 1.77. The molecule has 0 aromatic carbocycles. The van der Waals surface area contributed by atoms with E-state index in [1.807, 2.05) is 24.3 Å². The molecule has 0 aliphatic heterocycles. The van der Waals surface area contributed by atoms with E-state index < -0.39 is 6.67 Å². The van der Waals surface area contributed by atoms with E-state index in [1.54, 1.807) is 25.5 Å². The molecular weight excluding hydrogens is 299 g/mol. The lowest BCUT2D eigenvalue weighted by atomic mass is 10.2. The van der Waals surface area contributed by atoms with Crippen LogP contribution in [0.3, 0.4) is 0 Å². The zero-order valence-electron chi connectivity index (χ0n) is 12.9. The highest BCUT2D eigenvalue weighted by molar-refractivity contribution is 5.70. The maximum absolute atomic E-state index is 11.9. The first-order valence-corrected chi connectivity index (χ1v) is 7.24. The van der Waals surface area contributed by atoms with E-state index in [0.29, 0.717) is 25.0 Å². The molecule has 0 aliphatic carbocycles. The highest BCUT2D eigenvalue weighted by Crippen LogP contribution is 2.17. The summed E-state index contributed by atoms with van der Waals surface area (Å²) >= 11 is 0. The number of hydrogen-bond donors (Lipinski definition) is 1. The second-order valence-electron chi connectivity index (χ2n) is 4.44. The Labute approximate surface area is 134 Å². The molecule has 0 bridgehead atoms. The van der Waals surface area contributed by atoms with E-state index in [2.05, 4.69) is 20.3 Å². The number of hydrogen-bond acceptors (Lipinski definition) is 6. The predicted molar refractivity (Wildman–Crippen MR) is 87.0 cm³/mol. The summed E-state index contributed by atoms with van der Waals surface area (Å²) in [6, 6.07) is 5.52. The second-order valence-corrected chi connectivity index (χ2v) is 4.44. The molecule has 0 aliphatic rings. The Bertz CT molecular complexity index is 637. The van der Waals surface area contributed by atoms with Gasteiger partial charge in [-0.1, -0.05) is 0 Å².